The monoisotopic (exact) mass is 257 g/mol. The predicted molar refractivity (Wildman–Crippen MR) is 71.0 cm³/mol. The van der Waals surface area contributed by atoms with Crippen LogP contribution in [0.5, 0.6) is 0 Å². The van der Waals surface area contributed by atoms with Gasteiger partial charge in [0, 0.05) is 34.9 Å². The second kappa shape index (κ2) is 6.87. The van der Waals surface area contributed by atoms with Gasteiger partial charge in [-0.1, -0.05) is 19.1 Å². The van der Waals surface area contributed by atoms with Gasteiger partial charge in [-0.25, -0.2) is 4.39 Å². The Morgan fingerprint density at radius 1 is 1.35 bits per heavy atom. The summed E-state index contributed by atoms with van der Waals surface area (Å²) in [5.74, 6) is 0.420. The molecule has 0 aliphatic heterocycles. The van der Waals surface area contributed by atoms with Crippen LogP contribution in [0.25, 0.3) is 0 Å². The molecular weight excluding hydrogens is 237 g/mol. The van der Waals surface area contributed by atoms with Crippen LogP contribution in [0, 0.1) is 5.82 Å². The molecular formula is C13H20FNOS. The van der Waals surface area contributed by atoms with E-state index in [0.717, 1.165) is 12.0 Å². The molecule has 2 nitrogen and oxygen atoms in total. The Labute approximate surface area is 105 Å². The fraction of sp³-hybridized carbons (Fsp3) is 0.538. The Morgan fingerprint density at radius 3 is 2.41 bits per heavy atom. The Morgan fingerprint density at radius 2 is 1.94 bits per heavy atom. The Balaban J connectivity index is 2.65. The highest BCUT2D eigenvalue weighted by Crippen LogP contribution is 2.17. The lowest BCUT2D eigenvalue weighted by Gasteiger charge is -2.22. The molecule has 0 bridgehead atoms. The number of rotatable bonds is 6. The van der Waals surface area contributed by atoms with E-state index in [2.05, 4.69) is 12.2 Å². The van der Waals surface area contributed by atoms with Gasteiger partial charge in [-0.3, -0.25) is 4.21 Å². The highest BCUT2D eigenvalue weighted by molar-refractivity contribution is 7.84. The van der Waals surface area contributed by atoms with Crippen molar-refractivity contribution in [1.29, 1.82) is 0 Å². The van der Waals surface area contributed by atoms with Gasteiger partial charge in [-0.15, -0.1) is 0 Å². The standard InChI is InChI=1S/C13H20FNOS/c1-4-13(15-10(2)9-17(3)16)11-5-7-12(14)8-6-11/h5-8,10,13,15H,4,9H2,1-3H3. The largest absolute Gasteiger partial charge is 0.307 e. The van der Waals surface area contributed by atoms with Crippen molar-refractivity contribution >= 4 is 10.8 Å². The molecule has 96 valence electrons. The normalized spacial score (nSPS) is 16.5. The molecule has 0 heterocycles. The molecule has 1 rings (SSSR count). The van der Waals surface area contributed by atoms with Crippen molar-refractivity contribution in [3.63, 3.8) is 0 Å². The molecule has 4 heteroatoms. The molecule has 0 spiro atoms. The van der Waals surface area contributed by atoms with Gasteiger partial charge < -0.3 is 5.32 Å². The SMILES string of the molecule is CCC(NC(C)CS(C)=O)c1ccc(F)cc1. The quantitative estimate of drug-likeness (QED) is 0.849. The first-order valence-corrected chi connectivity index (χ1v) is 7.57. The van der Waals surface area contributed by atoms with Crippen molar-refractivity contribution in [1.82, 2.24) is 5.32 Å². The number of benzene rings is 1. The smallest absolute Gasteiger partial charge is 0.123 e. The first-order chi connectivity index (χ1) is 8.02. The van der Waals surface area contributed by atoms with Crippen LogP contribution in [0.2, 0.25) is 0 Å². The topological polar surface area (TPSA) is 29.1 Å². The summed E-state index contributed by atoms with van der Waals surface area (Å²) < 4.78 is 24.0. The molecule has 0 aromatic heterocycles. The highest BCUT2D eigenvalue weighted by atomic mass is 32.2. The van der Waals surface area contributed by atoms with Gasteiger partial charge >= 0.3 is 0 Å². The maximum atomic E-state index is 12.8. The van der Waals surface area contributed by atoms with E-state index in [-0.39, 0.29) is 17.9 Å². The van der Waals surface area contributed by atoms with E-state index in [1.54, 1.807) is 18.4 Å². The minimum absolute atomic E-state index is 0.189. The van der Waals surface area contributed by atoms with Gasteiger partial charge in [0.2, 0.25) is 0 Å². The molecule has 17 heavy (non-hydrogen) atoms. The number of hydrogen-bond acceptors (Lipinski definition) is 2. The van der Waals surface area contributed by atoms with E-state index in [1.165, 1.54) is 12.1 Å². The Kier molecular flexibility index (Phi) is 5.78. The zero-order chi connectivity index (χ0) is 12.8. The van der Waals surface area contributed by atoms with Crippen molar-refractivity contribution in [2.24, 2.45) is 0 Å². The van der Waals surface area contributed by atoms with Gasteiger partial charge in [0.15, 0.2) is 0 Å². The Hall–Kier alpha value is -0.740. The molecule has 0 aliphatic carbocycles. The summed E-state index contributed by atoms with van der Waals surface area (Å²) in [6.07, 6.45) is 2.63. The van der Waals surface area contributed by atoms with Crippen LogP contribution in [0.4, 0.5) is 4.39 Å². The molecule has 1 aromatic carbocycles. The lowest BCUT2D eigenvalue weighted by atomic mass is 10.0. The van der Waals surface area contributed by atoms with E-state index in [1.807, 2.05) is 6.92 Å². The van der Waals surface area contributed by atoms with Crippen LogP contribution in [-0.4, -0.2) is 22.3 Å². The van der Waals surface area contributed by atoms with Crippen LogP contribution in [-0.2, 0) is 10.8 Å². The summed E-state index contributed by atoms with van der Waals surface area (Å²) in [5.41, 5.74) is 1.07. The van der Waals surface area contributed by atoms with Crippen LogP contribution in [0.3, 0.4) is 0 Å². The third-order valence-electron chi connectivity index (χ3n) is 2.65. The minimum Gasteiger partial charge on any atom is -0.307 e. The first kappa shape index (κ1) is 14.3. The summed E-state index contributed by atoms with van der Waals surface area (Å²) >= 11 is 0. The fourth-order valence-electron chi connectivity index (χ4n) is 1.89. The van der Waals surface area contributed by atoms with Crippen LogP contribution in [0.1, 0.15) is 31.9 Å². The summed E-state index contributed by atoms with van der Waals surface area (Å²) in [7, 11) is -0.797. The molecule has 3 atom stereocenters. The van der Waals surface area contributed by atoms with Crippen molar-refractivity contribution in [3.05, 3.63) is 35.6 Å². The molecule has 0 fully saturated rings. The van der Waals surface area contributed by atoms with Gasteiger partial charge in [-0.2, -0.15) is 0 Å². The second-order valence-corrected chi connectivity index (χ2v) is 5.80. The lowest BCUT2D eigenvalue weighted by Crippen LogP contribution is -2.34. The minimum atomic E-state index is -0.797. The van der Waals surface area contributed by atoms with Gasteiger partial charge in [0.1, 0.15) is 5.82 Å². The van der Waals surface area contributed by atoms with Gasteiger partial charge in [-0.05, 0) is 31.0 Å². The average molecular weight is 257 g/mol. The van der Waals surface area contributed by atoms with Crippen LogP contribution >= 0.6 is 0 Å². The van der Waals surface area contributed by atoms with Crippen molar-refractivity contribution in [2.45, 2.75) is 32.4 Å². The number of halogens is 1. The lowest BCUT2D eigenvalue weighted by molar-refractivity contribution is 0.467. The van der Waals surface area contributed by atoms with E-state index in [9.17, 15) is 8.60 Å². The fourth-order valence-corrected chi connectivity index (χ4v) is 2.69. The van der Waals surface area contributed by atoms with E-state index >= 15 is 0 Å². The summed E-state index contributed by atoms with van der Waals surface area (Å²) in [5, 5.41) is 3.42. The molecule has 0 saturated carbocycles. The average Bonchev–Trinajstić information content (AvgIpc) is 2.26. The summed E-state index contributed by atoms with van der Waals surface area (Å²) in [6.45, 7) is 4.10. The summed E-state index contributed by atoms with van der Waals surface area (Å²) in [4.78, 5) is 0. The third kappa shape index (κ3) is 4.96. The summed E-state index contributed by atoms with van der Waals surface area (Å²) in [6, 6.07) is 6.92. The molecule has 3 unspecified atom stereocenters. The van der Waals surface area contributed by atoms with Gasteiger partial charge in [0.05, 0.1) is 0 Å². The van der Waals surface area contributed by atoms with Crippen LogP contribution in [0.15, 0.2) is 24.3 Å². The third-order valence-corrected chi connectivity index (χ3v) is 3.62. The zero-order valence-corrected chi connectivity index (χ0v) is 11.4. The van der Waals surface area contributed by atoms with Crippen molar-refractivity contribution in [3.8, 4) is 0 Å². The van der Waals surface area contributed by atoms with Crippen molar-refractivity contribution in [2.75, 3.05) is 12.0 Å². The first-order valence-electron chi connectivity index (χ1n) is 5.84. The van der Waals surface area contributed by atoms with E-state index in [0.29, 0.717) is 5.75 Å². The van der Waals surface area contributed by atoms with E-state index in [4.69, 9.17) is 0 Å². The number of nitrogens with one attached hydrogen (secondary N) is 1. The molecule has 0 saturated heterocycles. The Bertz CT molecular complexity index is 366. The molecule has 0 aliphatic rings. The predicted octanol–water partition coefficient (Wildman–Crippen LogP) is 2.63. The molecule has 0 radical (unpaired) electrons. The van der Waals surface area contributed by atoms with Crippen molar-refractivity contribution < 1.29 is 8.60 Å². The second-order valence-electron chi connectivity index (χ2n) is 4.32. The van der Waals surface area contributed by atoms with Crippen LogP contribution < -0.4 is 5.32 Å². The molecule has 1 aromatic rings. The van der Waals surface area contributed by atoms with Gasteiger partial charge in [0.25, 0.3) is 0 Å². The maximum Gasteiger partial charge on any atom is 0.123 e. The molecule has 1 N–H and O–H groups in total. The highest BCUT2D eigenvalue weighted by Gasteiger charge is 2.13. The van der Waals surface area contributed by atoms with E-state index < -0.39 is 10.8 Å². The molecule has 0 amide bonds. The maximum absolute atomic E-state index is 12.8. The number of hydrogen-bond donors (Lipinski definition) is 1. The zero-order valence-electron chi connectivity index (χ0n) is 10.6.